The number of methoxy groups -OCH3 is 1. The highest BCUT2D eigenvalue weighted by atomic mass is 35.5. The van der Waals surface area contributed by atoms with Gasteiger partial charge in [0.15, 0.2) is 0 Å². The zero-order chi connectivity index (χ0) is 18.7. The van der Waals surface area contributed by atoms with Gasteiger partial charge in [0.1, 0.15) is 5.75 Å². The van der Waals surface area contributed by atoms with E-state index in [1.165, 1.54) is 0 Å². The minimum atomic E-state index is -0.568. The van der Waals surface area contributed by atoms with Gasteiger partial charge in [0.2, 0.25) is 0 Å². The molecule has 2 aromatic rings. The van der Waals surface area contributed by atoms with Crippen LogP contribution in [-0.4, -0.2) is 19.0 Å². The molecule has 0 aromatic heterocycles. The molecule has 0 bridgehead atoms. The van der Waals surface area contributed by atoms with E-state index in [0.29, 0.717) is 27.7 Å². The van der Waals surface area contributed by atoms with E-state index in [0.717, 1.165) is 5.56 Å². The molecule has 1 aliphatic rings. The van der Waals surface area contributed by atoms with E-state index in [4.69, 9.17) is 16.3 Å². The summed E-state index contributed by atoms with van der Waals surface area (Å²) >= 11 is 5.87. The number of nitrogens with one attached hydrogen (secondary N) is 3. The average molecular weight is 372 g/mol. The number of carbonyl (C=O) groups excluding carboxylic acids is 2. The molecule has 26 heavy (non-hydrogen) atoms. The Hall–Kier alpha value is -2.99. The Morgan fingerprint density at radius 2 is 1.77 bits per heavy atom. The van der Waals surface area contributed by atoms with Crippen LogP contribution in [0.1, 0.15) is 18.5 Å². The summed E-state index contributed by atoms with van der Waals surface area (Å²) in [6, 6.07) is 13.1. The maximum Gasteiger partial charge on any atom is 0.319 e. The van der Waals surface area contributed by atoms with Crippen LogP contribution in [0.25, 0.3) is 0 Å². The van der Waals surface area contributed by atoms with Gasteiger partial charge in [0.25, 0.3) is 5.91 Å². The first-order chi connectivity index (χ1) is 12.5. The van der Waals surface area contributed by atoms with E-state index >= 15 is 0 Å². The minimum Gasteiger partial charge on any atom is -0.497 e. The Morgan fingerprint density at radius 1 is 1.12 bits per heavy atom. The molecule has 7 heteroatoms. The van der Waals surface area contributed by atoms with Crippen molar-refractivity contribution in [1.29, 1.82) is 0 Å². The minimum absolute atomic E-state index is 0.307. The second kappa shape index (κ2) is 7.49. The summed E-state index contributed by atoms with van der Waals surface area (Å²) in [5.74, 6) is 0.389. The number of hydrogen-bond acceptors (Lipinski definition) is 3. The van der Waals surface area contributed by atoms with E-state index < -0.39 is 6.04 Å². The Balaban J connectivity index is 1.91. The molecule has 0 saturated heterocycles. The van der Waals surface area contributed by atoms with Crippen molar-refractivity contribution in [1.82, 2.24) is 10.6 Å². The SMILES string of the molecule is COc1ccc([C@@H]2NC(=O)NC(C)=C2C(=O)Nc2ccc(Cl)cc2)cc1. The van der Waals surface area contributed by atoms with Crippen molar-refractivity contribution >= 4 is 29.2 Å². The first-order valence-corrected chi connectivity index (χ1v) is 8.35. The highest BCUT2D eigenvalue weighted by Crippen LogP contribution is 2.29. The van der Waals surface area contributed by atoms with E-state index in [1.807, 2.05) is 12.1 Å². The molecule has 0 radical (unpaired) electrons. The summed E-state index contributed by atoms with van der Waals surface area (Å²) in [7, 11) is 1.58. The number of rotatable bonds is 4. The number of amides is 3. The molecule has 6 nitrogen and oxygen atoms in total. The van der Waals surface area contributed by atoms with Gasteiger partial charge in [0, 0.05) is 16.4 Å². The fourth-order valence-corrected chi connectivity index (χ4v) is 2.90. The van der Waals surface area contributed by atoms with Crippen molar-refractivity contribution in [2.75, 3.05) is 12.4 Å². The lowest BCUT2D eigenvalue weighted by Gasteiger charge is -2.28. The average Bonchev–Trinajstić information content (AvgIpc) is 2.63. The Kier molecular flexibility index (Phi) is 5.14. The van der Waals surface area contributed by atoms with Crippen LogP contribution >= 0.6 is 11.6 Å². The van der Waals surface area contributed by atoms with Crippen LogP contribution < -0.4 is 20.7 Å². The first kappa shape index (κ1) is 17.8. The van der Waals surface area contributed by atoms with Gasteiger partial charge in [-0.1, -0.05) is 23.7 Å². The zero-order valence-corrected chi connectivity index (χ0v) is 15.1. The number of carbonyl (C=O) groups is 2. The normalized spacial score (nSPS) is 16.6. The van der Waals surface area contributed by atoms with Crippen molar-refractivity contribution in [3.05, 3.63) is 70.4 Å². The highest BCUT2D eigenvalue weighted by Gasteiger charge is 2.31. The number of urea groups is 1. The summed E-state index contributed by atoms with van der Waals surface area (Å²) in [4.78, 5) is 24.8. The number of benzene rings is 2. The molecule has 0 spiro atoms. The molecule has 2 aromatic carbocycles. The van der Waals surface area contributed by atoms with E-state index in [-0.39, 0.29) is 11.9 Å². The molecule has 0 fully saturated rings. The van der Waals surface area contributed by atoms with Crippen LogP contribution in [-0.2, 0) is 4.79 Å². The lowest BCUT2D eigenvalue weighted by Crippen LogP contribution is -2.45. The molecule has 3 amide bonds. The van der Waals surface area contributed by atoms with Gasteiger partial charge in [-0.15, -0.1) is 0 Å². The molecule has 0 unspecified atom stereocenters. The Bertz CT molecular complexity index is 861. The van der Waals surface area contributed by atoms with Crippen LogP contribution in [0.4, 0.5) is 10.5 Å². The summed E-state index contributed by atoms with van der Waals surface area (Å²) in [5, 5.41) is 8.87. The molecular weight excluding hydrogens is 354 g/mol. The smallest absolute Gasteiger partial charge is 0.319 e. The molecule has 0 saturated carbocycles. The third kappa shape index (κ3) is 3.81. The fraction of sp³-hybridized carbons (Fsp3) is 0.158. The predicted molar refractivity (Wildman–Crippen MR) is 100 cm³/mol. The number of hydrogen-bond donors (Lipinski definition) is 3. The van der Waals surface area contributed by atoms with Gasteiger partial charge in [-0.25, -0.2) is 4.79 Å². The third-order valence-electron chi connectivity index (χ3n) is 4.06. The summed E-state index contributed by atoms with van der Waals surface area (Å²) in [6.07, 6.45) is 0. The van der Waals surface area contributed by atoms with Crippen LogP contribution in [0.3, 0.4) is 0 Å². The van der Waals surface area contributed by atoms with E-state index in [9.17, 15) is 9.59 Å². The van der Waals surface area contributed by atoms with Crippen molar-refractivity contribution < 1.29 is 14.3 Å². The van der Waals surface area contributed by atoms with Crippen molar-refractivity contribution in [2.45, 2.75) is 13.0 Å². The first-order valence-electron chi connectivity index (χ1n) is 7.97. The molecule has 3 rings (SSSR count). The van der Waals surface area contributed by atoms with Crippen molar-refractivity contribution in [2.24, 2.45) is 0 Å². The Morgan fingerprint density at radius 3 is 2.38 bits per heavy atom. The lowest BCUT2D eigenvalue weighted by atomic mass is 9.94. The van der Waals surface area contributed by atoms with Crippen LogP contribution in [0.5, 0.6) is 5.75 Å². The molecular formula is C19H18ClN3O3. The molecule has 1 heterocycles. The monoisotopic (exact) mass is 371 g/mol. The summed E-state index contributed by atoms with van der Waals surface area (Å²) < 4.78 is 5.16. The summed E-state index contributed by atoms with van der Waals surface area (Å²) in [6.45, 7) is 1.70. The van der Waals surface area contributed by atoms with Crippen LogP contribution in [0.15, 0.2) is 59.8 Å². The quantitative estimate of drug-likeness (QED) is 0.768. The molecule has 3 N–H and O–H groups in total. The van der Waals surface area contributed by atoms with Crippen molar-refractivity contribution in [3.63, 3.8) is 0 Å². The van der Waals surface area contributed by atoms with Gasteiger partial charge in [-0.2, -0.15) is 0 Å². The van der Waals surface area contributed by atoms with Crippen LogP contribution in [0.2, 0.25) is 5.02 Å². The van der Waals surface area contributed by atoms with Gasteiger partial charge in [-0.3, -0.25) is 4.79 Å². The predicted octanol–water partition coefficient (Wildman–Crippen LogP) is 3.62. The van der Waals surface area contributed by atoms with Gasteiger partial charge >= 0.3 is 6.03 Å². The lowest BCUT2D eigenvalue weighted by molar-refractivity contribution is -0.113. The fourth-order valence-electron chi connectivity index (χ4n) is 2.77. The maximum atomic E-state index is 12.9. The van der Waals surface area contributed by atoms with E-state index in [2.05, 4.69) is 16.0 Å². The third-order valence-corrected chi connectivity index (χ3v) is 4.32. The molecule has 1 aliphatic heterocycles. The van der Waals surface area contributed by atoms with Gasteiger partial charge in [0.05, 0.1) is 18.7 Å². The second-order valence-electron chi connectivity index (χ2n) is 5.80. The highest BCUT2D eigenvalue weighted by molar-refractivity contribution is 6.30. The topological polar surface area (TPSA) is 79.5 Å². The zero-order valence-electron chi connectivity index (χ0n) is 14.3. The Labute approximate surface area is 156 Å². The summed E-state index contributed by atoms with van der Waals surface area (Å²) in [5.41, 5.74) is 2.33. The molecule has 134 valence electrons. The largest absolute Gasteiger partial charge is 0.497 e. The number of halogens is 1. The standard InChI is InChI=1S/C19H18ClN3O3/c1-11-16(18(24)22-14-7-5-13(20)6-8-14)17(23-19(25)21-11)12-3-9-15(26-2)10-4-12/h3-10,17H,1-2H3,(H,22,24)(H2,21,23,25)/t17-/m0/s1. The second-order valence-corrected chi connectivity index (χ2v) is 6.24. The number of allylic oxidation sites excluding steroid dienone is 1. The molecule has 0 aliphatic carbocycles. The van der Waals surface area contributed by atoms with Crippen molar-refractivity contribution in [3.8, 4) is 5.75 Å². The molecule has 1 atom stereocenters. The maximum absolute atomic E-state index is 12.9. The number of ether oxygens (including phenoxy) is 1. The van der Waals surface area contributed by atoms with Crippen LogP contribution in [0, 0.1) is 0 Å². The van der Waals surface area contributed by atoms with Gasteiger partial charge in [-0.05, 0) is 48.9 Å². The van der Waals surface area contributed by atoms with E-state index in [1.54, 1.807) is 50.4 Å². The number of anilines is 1. The van der Waals surface area contributed by atoms with Gasteiger partial charge < -0.3 is 20.7 Å².